The number of halogens is 1. The summed E-state index contributed by atoms with van der Waals surface area (Å²) in [5.41, 5.74) is 4.81. The van der Waals surface area contributed by atoms with Crippen LogP contribution in [0.2, 0.25) is 0 Å². The fourth-order valence-electron chi connectivity index (χ4n) is 4.28. The predicted molar refractivity (Wildman–Crippen MR) is 133 cm³/mol. The maximum Gasteiger partial charge on any atom is 0.322 e. The Morgan fingerprint density at radius 2 is 1.81 bits per heavy atom. The van der Waals surface area contributed by atoms with Crippen LogP contribution in [0.3, 0.4) is 0 Å². The molecule has 4 aromatic rings. The molecule has 0 radical (unpaired) electrons. The van der Waals surface area contributed by atoms with Gasteiger partial charge in [0.2, 0.25) is 5.82 Å². The molecule has 0 saturated heterocycles. The summed E-state index contributed by atoms with van der Waals surface area (Å²) >= 11 is 0. The predicted octanol–water partition coefficient (Wildman–Crippen LogP) is 5.89. The van der Waals surface area contributed by atoms with E-state index in [9.17, 15) is 9.18 Å². The van der Waals surface area contributed by atoms with E-state index in [1.807, 2.05) is 68.4 Å². The molecule has 2 amide bonds. The van der Waals surface area contributed by atoms with E-state index in [0.717, 1.165) is 16.7 Å². The van der Waals surface area contributed by atoms with E-state index in [1.165, 1.54) is 19.2 Å². The fraction of sp³-hybridized carbons (Fsp3) is 0.179. The van der Waals surface area contributed by atoms with Gasteiger partial charge < -0.3 is 14.6 Å². The molecule has 3 aromatic carbocycles. The van der Waals surface area contributed by atoms with Crippen molar-refractivity contribution in [3.63, 3.8) is 0 Å². The molecule has 7 nitrogen and oxygen atoms in total. The monoisotopic (exact) mass is 484 g/mol. The van der Waals surface area contributed by atoms with Crippen LogP contribution < -0.4 is 10.1 Å². The van der Waals surface area contributed by atoms with Crippen LogP contribution in [0.4, 0.5) is 9.18 Å². The molecule has 0 spiro atoms. The number of carbonyl (C=O) groups excluding carboxylic acids is 1. The van der Waals surface area contributed by atoms with E-state index in [2.05, 4.69) is 15.5 Å². The van der Waals surface area contributed by atoms with Crippen molar-refractivity contribution in [2.45, 2.75) is 26.4 Å². The molecule has 1 unspecified atom stereocenters. The second kappa shape index (κ2) is 9.65. The molecule has 0 bridgehead atoms. The normalized spacial score (nSPS) is 15.7. The van der Waals surface area contributed by atoms with Crippen molar-refractivity contribution in [3.05, 3.63) is 107 Å². The van der Waals surface area contributed by atoms with Gasteiger partial charge in [-0.3, -0.25) is 4.90 Å². The lowest BCUT2D eigenvalue weighted by Gasteiger charge is -2.35. The number of ether oxygens (including phenoxy) is 1. The van der Waals surface area contributed by atoms with Crippen LogP contribution in [0.25, 0.3) is 17.0 Å². The molecule has 2 heterocycles. The molecule has 0 aliphatic carbocycles. The Labute approximate surface area is 208 Å². The number of carbonyl (C=O) groups is 1. The second-order valence-corrected chi connectivity index (χ2v) is 8.64. The van der Waals surface area contributed by atoms with E-state index in [4.69, 9.17) is 9.26 Å². The van der Waals surface area contributed by atoms with E-state index in [-0.39, 0.29) is 23.5 Å². The smallest absolute Gasteiger partial charge is 0.322 e. The summed E-state index contributed by atoms with van der Waals surface area (Å²) in [5, 5.41) is 7.20. The van der Waals surface area contributed by atoms with Crippen LogP contribution >= 0.6 is 0 Å². The summed E-state index contributed by atoms with van der Waals surface area (Å²) in [7, 11) is 1.41. The highest BCUT2D eigenvalue weighted by Gasteiger charge is 2.35. The highest BCUT2D eigenvalue weighted by molar-refractivity contribution is 5.86. The molecule has 36 heavy (non-hydrogen) atoms. The van der Waals surface area contributed by atoms with Crippen LogP contribution in [0.5, 0.6) is 5.75 Å². The molecule has 1 aromatic heterocycles. The van der Waals surface area contributed by atoms with Crippen molar-refractivity contribution in [1.29, 1.82) is 0 Å². The van der Waals surface area contributed by atoms with Gasteiger partial charge in [0.15, 0.2) is 11.6 Å². The van der Waals surface area contributed by atoms with Crippen molar-refractivity contribution >= 4 is 11.6 Å². The number of amides is 2. The molecule has 5 rings (SSSR count). The summed E-state index contributed by atoms with van der Waals surface area (Å²) < 4.78 is 25.0. The fourth-order valence-corrected chi connectivity index (χ4v) is 4.28. The van der Waals surface area contributed by atoms with Gasteiger partial charge in [0.25, 0.3) is 5.89 Å². The van der Waals surface area contributed by atoms with Gasteiger partial charge in [0, 0.05) is 11.3 Å². The third-order valence-corrected chi connectivity index (χ3v) is 6.26. The molecule has 1 N–H and O–H groups in total. The standard InChI is InChI=1S/C28H25FN4O3/c1-17-9-11-20(12-10-17)25-24(18(2)33(28(34)30-25)16-19-7-5-4-6-8-19)27-31-26(32-36-27)21-13-14-23(35-3)22(29)15-21/h4-15,25H,16H2,1-3H3,(H,30,34). The number of nitrogens with zero attached hydrogens (tertiary/aromatic N) is 3. The first-order valence-corrected chi connectivity index (χ1v) is 11.5. The first-order chi connectivity index (χ1) is 17.4. The van der Waals surface area contributed by atoms with Gasteiger partial charge in [0.05, 0.1) is 25.3 Å². The van der Waals surface area contributed by atoms with Gasteiger partial charge in [-0.15, -0.1) is 0 Å². The van der Waals surface area contributed by atoms with Gasteiger partial charge >= 0.3 is 6.03 Å². The number of hydrogen-bond donors (Lipinski definition) is 1. The maximum atomic E-state index is 14.3. The van der Waals surface area contributed by atoms with Gasteiger partial charge in [-0.1, -0.05) is 65.3 Å². The van der Waals surface area contributed by atoms with Crippen molar-refractivity contribution in [2.75, 3.05) is 7.11 Å². The lowest BCUT2D eigenvalue weighted by molar-refractivity contribution is 0.203. The highest BCUT2D eigenvalue weighted by Crippen LogP contribution is 2.38. The third-order valence-electron chi connectivity index (χ3n) is 6.26. The minimum absolute atomic E-state index is 0.131. The second-order valence-electron chi connectivity index (χ2n) is 8.64. The van der Waals surface area contributed by atoms with Crippen molar-refractivity contribution in [1.82, 2.24) is 20.4 Å². The number of rotatable bonds is 6. The van der Waals surface area contributed by atoms with E-state index >= 15 is 0 Å². The summed E-state index contributed by atoms with van der Waals surface area (Å²) in [5.74, 6) is 0.101. The first-order valence-electron chi connectivity index (χ1n) is 11.5. The third kappa shape index (κ3) is 4.45. The largest absolute Gasteiger partial charge is 0.494 e. The molecule has 1 aliphatic heterocycles. The number of hydrogen-bond acceptors (Lipinski definition) is 5. The summed E-state index contributed by atoms with van der Waals surface area (Å²) in [6.07, 6.45) is 0. The number of urea groups is 1. The number of nitrogens with one attached hydrogen (secondary N) is 1. The number of aryl methyl sites for hydroxylation is 1. The van der Waals surface area contributed by atoms with Crippen LogP contribution in [-0.4, -0.2) is 28.2 Å². The number of allylic oxidation sites excluding steroid dienone is 1. The van der Waals surface area contributed by atoms with Crippen molar-refractivity contribution in [2.24, 2.45) is 0 Å². The zero-order chi connectivity index (χ0) is 25.2. The van der Waals surface area contributed by atoms with Crippen LogP contribution in [0.1, 0.15) is 35.5 Å². The van der Waals surface area contributed by atoms with Gasteiger partial charge in [-0.2, -0.15) is 4.98 Å². The molecule has 8 heteroatoms. The summed E-state index contributed by atoms with van der Waals surface area (Å²) in [6.45, 7) is 4.26. The molecular weight excluding hydrogens is 459 g/mol. The zero-order valence-corrected chi connectivity index (χ0v) is 20.2. The number of methoxy groups -OCH3 is 1. The Bertz CT molecular complexity index is 1430. The minimum Gasteiger partial charge on any atom is -0.494 e. The zero-order valence-electron chi connectivity index (χ0n) is 20.2. The topological polar surface area (TPSA) is 80.5 Å². The highest BCUT2D eigenvalue weighted by atomic mass is 19.1. The Hall–Kier alpha value is -4.46. The average molecular weight is 485 g/mol. The van der Waals surface area contributed by atoms with E-state index in [1.54, 1.807) is 11.0 Å². The van der Waals surface area contributed by atoms with Crippen LogP contribution in [0, 0.1) is 12.7 Å². The lowest BCUT2D eigenvalue weighted by Crippen LogP contribution is -2.45. The van der Waals surface area contributed by atoms with E-state index < -0.39 is 11.9 Å². The Morgan fingerprint density at radius 3 is 2.50 bits per heavy atom. The maximum absolute atomic E-state index is 14.3. The summed E-state index contributed by atoms with van der Waals surface area (Å²) in [4.78, 5) is 19.5. The van der Waals surface area contributed by atoms with Gasteiger partial charge in [-0.25, -0.2) is 9.18 Å². The van der Waals surface area contributed by atoms with Gasteiger partial charge in [-0.05, 0) is 43.2 Å². The molecular formula is C28H25FN4O3. The Morgan fingerprint density at radius 1 is 1.06 bits per heavy atom. The molecule has 1 atom stereocenters. The lowest BCUT2D eigenvalue weighted by atomic mass is 9.94. The Balaban J connectivity index is 1.58. The van der Waals surface area contributed by atoms with Crippen molar-refractivity contribution in [3.8, 4) is 17.1 Å². The first kappa shape index (κ1) is 23.3. The minimum atomic E-state index is -0.520. The Kier molecular flexibility index (Phi) is 6.25. The van der Waals surface area contributed by atoms with Crippen LogP contribution in [-0.2, 0) is 6.54 Å². The molecule has 182 valence electrons. The number of benzene rings is 3. The molecule has 0 fully saturated rings. The summed E-state index contributed by atoms with van der Waals surface area (Å²) in [6, 6.07) is 21.4. The van der Waals surface area contributed by atoms with E-state index in [0.29, 0.717) is 23.4 Å². The quantitative estimate of drug-likeness (QED) is 0.369. The SMILES string of the molecule is COc1ccc(-c2noc(C3=C(C)N(Cc4ccccc4)C(=O)NC3c3ccc(C)cc3)n2)cc1F. The number of aromatic nitrogens is 2. The molecule has 0 saturated carbocycles. The van der Waals surface area contributed by atoms with Crippen LogP contribution in [0.15, 0.2) is 83.0 Å². The average Bonchev–Trinajstić information content (AvgIpc) is 3.37. The van der Waals surface area contributed by atoms with Gasteiger partial charge in [0.1, 0.15) is 0 Å². The molecule has 1 aliphatic rings. The van der Waals surface area contributed by atoms with Crippen molar-refractivity contribution < 1.29 is 18.4 Å².